The molecule has 0 saturated heterocycles. The zero-order valence-electron chi connectivity index (χ0n) is 8.21. The van der Waals surface area contributed by atoms with Gasteiger partial charge in [0.2, 0.25) is 5.91 Å². The van der Waals surface area contributed by atoms with Crippen LogP contribution in [0.15, 0.2) is 4.99 Å². The molecule has 0 atom stereocenters. The van der Waals surface area contributed by atoms with E-state index in [0.717, 1.165) is 17.5 Å². The van der Waals surface area contributed by atoms with Crippen LogP contribution in [0.3, 0.4) is 0 Å². The number of aliphatic imine (C=N–C) groups is 1. The summed E-state index contributed by atoms with van der Waals surface area (Å²) >= 11 is 1.65. The third kappa shape index (κ3) is 4.48. The zero-order chi connectivity index (χ0) is 10.2. The second-order valence-corrected chi connectivity index (χ2v) is 3.82. The summed E-state index contributed by atoms with van der Waals surface area (Å²) in [4.78, 5) is 15.3. The van der Waals surface area contributed by atoms with E-state index >= 15 is 0 Å². The lowest BCUT2D eigenvalue weighted by Gasteiger charge is -2.06. The summed E-state index contributed by atoms with van der Waals surface area (Å²) in [5, 5.41) is 6.55. The number of thioether (sulfide) groups is 1. The van der Waals surface area contributed by atoms with E-state index in [9.17, 15) is 4.79 Å². The highest BCUT2D eigenvalue weighted by Gasteiger charge is 2.07. The van der Waals surface area contributed by atoms with Crippen molar-refractivity contribution in [2.75, 3.05) is 39.1 Å². The number of methoxy groups -OCH3 is 1. The van der Waals surface area contributed by atoms with Crippen LogP contribution < -0.4 is 10.6 Å². The van der Waals surface area contributed by atoms with E-state index < -0.39 is 0 Å². The van der Waals surface area contributed by atoms with Crippen molar-refractivity contribution >= 4 is 22.8 Å². The lowest BCUT2D eigenvalue weighted by Crippen LogP contribution is -2.36. The number of carbonyl (C=O) groups is 1. The molecule has 1 amide bonds. The Labute approximate surface area is 87.7 Å². The number of amides is 1. The number of rotatable bonds is 5. The molecule has 0 aromatic rings. The molecule has 0 spiro atoms. The minimum atomic E-state index is -0.0303. The maximum atomic E-state index is 11.2. The number of hydrogen-bond acceptors (Lipinski definition) is 5. The molecule has 0 aromatic heterocycles. The standard InChI is InChI=1S/C8H15N3O2S/c1-13-4-2-9-7(12)6-11-8-10-3-5-14-8/h2-6H2,1H3,(H,9,12)(H,10,11). The van der Waals surface area contributed by atoms with E-state index in [1.54, 1.807) is 18.9 Å². The van der Waals surface area contributed by atoms with E-state index in [1.165, 1.54) is 0 Å². The van der Waals surface area contributed by atoms with Gasteiger partial charge < -0.3 is 15.4 Å². The van der Waals surface area contributed by atoms with Crippen molar-refractivity contribution in [2.45, 2.75) is 0 Å². The summed E-state index contributed by atoms with van der Waals surface area (Å²) in [6.45, 7) is 2.23. The minimum Gasteiger partial charge on any atom is -0.383 e. The Kier molecular flexibility index (Phi) is 5.39. The molecule has 0 unspecified atom stereocenters. The van der Waals surface area contributed by atoms with Gasteiger partial charge in [0.05, 0.1) is 19.7 Å². The minimum absolute atomic E-state index is 0.0303. The van der Waals surface area contributed by atoms with Crippen LogP contribution >= 0.6 is 11.8 Å². The van der Waals surface area contributed by atoms with Crippen LogP contribution in [-0.2, 0) is 9.53 Å². The van der Waals surface area contributed by atoms with Crippen molar-refractivity contribution in [2.24, 2.45) is 4.99 Å². The van der Waals surface area contributed by atoms with Crippen LogP contribution in [0, 0.1) is 0 Å². The summed E-state index contributed by atoms with van der Waals surface area (Å²) in [5.74, 6) is 0.977. The van der Waals surface area contributed by atoms with E-state index in [1.807, 2.05) is 0 Å². The fourth-order valence-electron chi connectivity index (χ4n) is 0.953. The topological polar surface area (TPSA) is 62.7 Å². The van der Waals surface area contributed by atoms with Crippen LogP contribution in [-0.4, -0.2) is 50.2 Å². The van der Waals surface area contributed by atoms with Crippen molar-refractivity contribution in [3.8, 4) is 0 Å². The molecule has 14 heavy (non-hydrogen) atoms. The SMILES string of the molecule is COCCNC(=O)CNC1=NCCS1. The van der Waals surface area contributed by atoms with Crippen molar-refractivity contribution in [1.29, 1.82) is 0 Å². The number of nitrogens with zero attached hydrogens (tertiary/aromatic N) is 1. The highest BCUT2D eigenvalue weighted by molar-refractivity contribution is 8.14. The first-order chi connectivity index (χ1) is 6.83. The Morgan fingerprint density at radius 3 is 3.21 bits per heavy atom. The van der Waals surface area contributed by atoms with Gasteiger partial charge in [0.25, 0.3) is 0 Å². The van der Waals surface area contributed by atoms with Crippen molar-refractivity contribution in [3.63, 3.8) is 0 Å². The normalized spacial score (nSPS) is 15.1. The first kappa shape index (κ1) is 11.3. The summed E-state index contributed by atoms with van der Waals surface area (Å²) in [5.41, 5.74) is 0. The number of nitrogens with one attached hydrogen (secondary N) is 2. The molecule has 1 aliphatic heterocycles. The van der Waals surface area contributed by atoms with E-state index in [-0.39, 0.29) is 12.5 Å². The highest BCUT2D eigenvalue weighted by Crippen LogP contribution is 2.07. The second kappa shape index (κ2) is 6.67. The monoisotopic (exact) mass is 217 g/mol. The van der Waals surface area contributed by atoms with Gasteiger partial charge in [-0.3, -0.25) is 9.79 Å². The largest absolute Gasteiger partial charge is 0.383 e. The van der Waals surface area contributed by atoms with Crippen LogP contribution in [0.25, 0.3) is 0 Å². The van der Waals surface area contributed by atoms with Gasteiger partial charge >= 0.3 is 0 Å². The summed E-state index contributed by atoms with van der Waals surface area (Å²) < 4.78 is 4.81. The average Bonchev–Trinajstić information content (AvgIpc) is 2.68. The maximum absolute atomic E-state index is 11.2. The van der Waals surface area contributed by atoms with Gasteiger partial charge in [0.1, 0.15) is 0 Å². The van der Waals surface area contributed by atoms with Gasteiger partial charge in [0, 0.05) is 19.4 Å². The molecule has 0 bridgehead atoms. The summed E-state index contributed by atoms with van der Waals surface area (Å²) in [6.07, 6.45) is 0. The van der Waals surface area contributed by atoms with Crippen molar-refractivity contribution < 1.29 is 9.53 Å². The quantitative estimate of drug-likeness (QED) is 0.606. The van der Waals surface area contributed by atoms with Crippen LogP contribution in [0.4, 0.5) is 0 Å². The van der Waals surface area contributed by atoms with E-state index in [0.29, 0.717) is 13.2 Å². The predicted molar refractivity (Wildman–Crippen MR) is 57.6 cm³/mol. The molecular weight excluding hydrogens is 202 g/mol. The Hall–Kier alpha value is -0.750. The van der Waals surface area contributed by atoms with Gasteiger partial charge in [-0.15, -0.1) is 0 Å². The third-order valence-electron chi connectivity index (χ3n) is 1.61. The summed E-state index contributed by atoms with van der Waals surface area (Å²) in [7, 11) is 1.61. The fraction of sp³-hybridized carbons (Fsp3) is 0.750. The van der Waals surface area contributed by atoms with Gasteiger partial charge in [-0.25, -0.2) is 0 Å². The molecule has 80 valence electrons. The average molecular weight is 217 g/mol. The van der Waals surface area contributed by atoms with Gasteiger partial charge in [0.15, 0.2) is 5.17 Å². The Bertz CT molecular complexity index is 221. The lowest BCUT2D eigenvalue weighted by atomic mass is 10.5. The van der Waals surface area contributed by atoms with E-state index in [2.05, 4.69) is 15.6 Å². The molecule has 1 heterocycles. The molecule has 0 aliphatic carbocycles. The molecule has 0 fully saturated rings. The molecule has 1 aliphatic rings. The van der Waals surface area contributed by atoms with Crippen LogP contribution in [0.2, 0.25) is 0 Å². The maximum Gasteiger partial charge on any atom is 0.239 e. The first-order valence-electron chi connectivity index (χ1n) is 4.49. The molecule has 1 rings (SSSR count). The number of carbonyl (C=O) groups excluding carboxylic acids is 1. The van der Waals surface area contributed by atoms with Crippen molar-refractivity contribution in [3.05, 3.63) is 0 Å². The Morgan fingerprint density at radius 2 is 2.57 bits per heavy atom. The third-order valence-corrected chi connectivity index (χ3v) is 2.55. The summed E-state index contributed by atoms with van der Waals surface area (Å²) in [6, 6.07) is 0. The molecule has 0 aromatic carbocycles. The Balaban J connectivity index is 2.02. The molecule has 6 heteroatoms. The Morgan fingerprint density at radius 1 is 1.71 bits per heavy atom. The molecule has 0 radical (unpaired) electrons. The predicted octanol–water partition coefficient (Wildman–Crippen LogP) is -0.559. The van der Waals surface area contributed by atoms with Gasteiger partial charge in [-0.05, 0) is 0 Å². The molecule has 5 nitrogen and oxygen atoms in total. The highest BCUT2D eigenvalue weighted by atomic mass is 32.2. The number of amidine groups is 1. The zero-order valence-corrected chi connectivity index (χ0v) is 9.02. The van der Waals surface area contributed by atoms with Gasteiger partial charge in [-0.1, -0.05) is 11.8 Å². The molecular formula is C8H15N3O2S. The number of ether oxygens (including phenoxy) is 1. The second-order valence-electron chi connectivity index (χ2n) is 2.73. The fourth-order valence-corrected chi connectivity index (χ4v) is 1.69. The van der Waals surface area contributed by atoms with Crippen LogP contribution in [0.5, 0.6) is 0 Å². The number of hydrogen-bond donors (Lipinski definition) is 2. The van der Waals surface area contributed by atoms with Crippen molar-refractivity contribution in [1.82, 2.24) is 10.6 Å². The van der Waals surface area contributed by atoms with E-state index in [4.69, 9.17) is 4.74 Å². The first-order valence-corrected chi connectivity index (χ1v) is 5.48. The van der Waals surface area contributed by atoms with Crippen LogP contribution in [0.1, 0.15) is 0 Å². The molecule has 2 N–H and O–H groups in total. The lowest BCUT2D eigenvalue weighted by molar-refractivity contribution is -0.120. The molecule has 0 saturated carbocycles. The smallest absolute Gasteiger partial charge is 0.239 e. The van der Waals surface area contributed by atoms with Gasteiger partial charge in [-0.2, -0.15) is 0 Å².